The number of hydrogen-bond donors (Lipinski definition) is 1. The van der Waals surface area contributed by atoms with Gasteiger partial charge in [0.1, 0.15) is 0 Å². The summed E-state index contributed by atoms with van der Waals surface area (Å²) >= 11 is 1.86. The zero-order valence-corrected chi connectivity index (χ0v) is 11.6. The molecule has 0 aliphatic heterocycles. The first-order valence-electron chi connectivity index (χ1n) is 6.70. The van der Waals surface area contributed by atoms with Crippen LogP contribution in [0.15, 0.2) is 17.5 Å². The van der Waals surface area contributed by atoms with E-state index >= 15 is 0 Å². The molecule has 2 unspecified atom stereocenters. The smallest absolute Gasteiger partial charge is 0.00579 e. The number of nitrogens with zero attached hydrogens (tertiary/aromatic N) is 1. The molecule has 1 saturated carbocycles. The van der Waals surface area contributed by atoms with Gasteiger partial charge in [-0.15, -0.1) is 11.3 Å². The summed E-state index contributed by atoms with van der Waals surface area (Å²) in [5.74, 6) is 0.826. The van der Waals surface area contributed by atoms with Gasteiger partial charge in [-0.2, -0.15) is 0 Å². The Hall–Kier alpha value is -0.380. The van der Waals surface area contributed by atoms with E-state index in [0.717, 1.165) is 5.92 Å². The number of likely N-dealkylation sites (N-methyl/N-ethyl adjacent to an activating group) is 1. The van der Waals surface area contributed by atoms with E-state index in [4.69, 9.17) is 5.73 Å². The van der Waals surface area contributed by atoms with Crippen LogP contribution >= 0.6 is 11.3 Å². The van der Waals surface area contributed by atoms with E-state index in [-0.39, 0.29) is 0 Å². The summed E-state index contributed by atoms with van der Waals surface area (Å²) in [7, 11) is 2.24. The second-order valence-electron chi connectivity index (χ2n) is 5.38. The molecule has 0 radical (unpaired) electrons. The highest BCUT2D eigenvalue weighted by atomic mass is 32.1. The number of nitrogens with two attached hydrogens (primary N) is 1. The van der Waals surface area contributed by atoms with Gasteiger partial charge >= 0.3 is 0 Å². The van der Waals surface area contributed by atoms with Crippen molar-refractivity contribution in [2.75, 3.05) is 20.1 Å². The number of rotatable bonds is 5. The average Bonchev–Trinajstić information content (AvgIpc) is 2.79. The lowest BCUT2D eigenvalue weighted by Crippen LogP contribution is -2.34. The van der Waals surface area contributed by atoms with Crippen molar-refractivity contribution in [2.24, 2.45) is 11.7 Å². The lowest BCUT2D eigenvalue weighted by Gasteiger charge is -2.30. The molecular formula is C14H24N2S. The van der Waals surface area contributed by atoms with E-state index in [1.165, 1.54) is 50.1 Å². The summed E-state index contributed by atoms with van der Waals surface area (Å²) in [6.45, 7) is 2.39. The molecule has 1 aromatic heterocycles. The zero-order chi connectivity index (χ0) is 12.1. The quantitative estimate of drug-likeness (QED) is 0.873. The van der Waals surface area contributed by atoms with Crippen LogP contribution < -0.4 is 5.73 Å². The summed E-state index contributed by atoms with van der Waals surface area (Å²) in [5.41, 5.74) is 6.04. The summed E-state index contributed by atoms with van der Waals surface area (Å²) in [6.07, 6.45) is 6.34. The van der Waals surface area contributed by atoms with E-state index in [0.29, 0.717) is 6.04 Å². The predicted molar refractivity (Wildman–Crippen MR) is 75.5 cm³/mol. The average molecular weight is 252 g/mol. The first kappa shape index (κ1) is 13.1. The van der Waals surface area contributed by atoms with Crippen LogP contribution in [0.3, 0.4) is 0 Å². The molecule has 2 rings (SSSR count). The molecule has 3 heteroatoms. The van der Waals surface area contributed by atoms with Gasteiger partial charge in [0.15, 0.2) is 0 Å². The lowest BCUT2D eigenvalue weighted by molar-refractivity contribution is 0.223. The van der Waals surface area contributed by atoms with Crippen LogP contribution in [0.5, 0.6) is 0 Å². The molecule has 0 aromatic carbocycles. The molecule has 1 aliphatic carbocycles. The summed E-state index contributed by atoms with van der Waals surface area (Å²) in [5, 5.41) is 2.16. The van der Waals surface area contributed by atoms with Crippen molar-refractivity contribution in [3.05, 3.63) is 22.4 Å². The highest BCUT2D eigenvalue weighted by Crippen LogP contribution is 2.23. The fourth-order valence-electron chi connectivity index (χ4n) is 2.79. The third kappa shape index (κ3) is 4.41. The molecule has 2 N–H and O–H groups in total. The van der Waals surface area contributed by atoms with E-state index in [2.05, 4.69) is 29.5 Å². The topological polar surface area (TPSA) is 29.3 Å². The molecule has 1 fully saturated rings. The minimum Gasteiger partial charge on any atom is -0.328 e. The predicted octanol–water partition coefficient (Wildman–Crippen LogP) is 2.74. The van der Waals surface area contributed by atoms with Crippen molar-refractivity contribution in [1.29, 1.82) is 0 Å². The summed E-state index contributed by atoms with van der Waals surface area (Å²) < 4.78 is 0. The Morgan fingerprint density at radius 3 is 3.06 bits per heavy atom. The summed E-state index contributed by atoms with van der Waals surface area (Å²) in [4.78, 5) is 3.97. The molecule has 0 amide bonds. The van der Waals surface area contributed by atoms with Crippen molar-refractivity contribution in [1.82, 2.24) is 4.90 Å². The fourth-order valence-corrected chi connectivity index (χ4v) is 3.48. The van der Waals surface area contributed by atoms with Crippen LogP contribution in [0.1, 0.15) is 30.6 Å². The second kappa shape index (κ2) is 6.53. The molecule has 2 atom stereocenters. The first-order valence-corrected chi connectivity index (χ1v) is 7.58. The maximum atomic E-state index is 6.04. The van der Waals surface area contributed by atoms with Crippen LogP contribution in [0.2, 0.25) is 0 Å². The van der Waals surface area contributed by atoms with Gasteiger partial charge in [-0.25, -0.2) is 0 Å². The largest absolute Gasteiger partial charge is 0.328 e. The Morgan fingerprint density at radius 1 is 1.47 bits per heavy atom. The molecule has 0 spiro atoms. The third-order valence-electron chi connectivity index (χ3n) is 3.71. The Morgan fingerprint density at radius 2 is 2.35 bits per heavy atom. The van der Waals surface area contributed by atoms with E-state index in [1.54, 1.807) is 0 Å². The van der Waals surface area contributed by atoms with Gasteiger partial charge in [0, 0.05) is 24.0 Å². The Bertz CT molecular complexity index is 310. The van der Waals surface area contributed by atoms with E-state index in [1.807, 2.05) is 11.3 Å². The van der Waals surface area contributed by atoms with Gasteiger partial charge in [-0.3, -0.25) is 0 Å². The highest BCUT2D eigenvalue weighted by Gasteiger charge is 2.20. The van der Waals surface area contributed by atoms with Crippen molar-refractivity contribution in [2.45, 2.75) is 38.1 Å². The Balaban J connectivity index is 1.67. The molecule has 1 heterocycles. The van der Waals surface area contributed by atoms with Crippen LogP contribution in [0.4, 0.5) is 0 Å². The standard InChI is InChI=1S/C14H24N2S/c1-16(8-7-14-6-3-9-17-14)11-12-4-2-5-13(15)10-12/h3,6,9,12-13H,2,4-5,7-8,10-11,15H2,1H3. The fraction of sp³-hybridized carbons (Fsp3) is 0.714. The zero-order valence-electron chi connectivity index (χ0n) is 10.8. The molecule has 96 valence electrons. The van der Waals surface area contributed by atoms with Crippen LogP contribution in [-0.2, 0) is 6.42 Å². The van der Waals surface area contributed by atoms with Crippen LogP contribution in [0, 0.1) is 5.92 Å². The van der Waals surface area contributed by atoms with Gasteiger partial charge < -0.3 is 10.6 Å². The molecular weight excluding hydrogens is 228 g/mol. The van der Waals surface area contributed by atoms with Crippen LogP contribution in [0.25, 0.3) is 0 Å². The van der Waals surface area contributed by atoms with Gasteiger partial charge in [0.25, 0.3) is 0 Å². The van der Waals surface area contributed by atoms with Crippen molar-refractivity contribution < 1.29 is 0 Å². The number of hydrogen-bond acceptors (Lipinski definition) is 3. The lowest BCUT2D eigenvalue weighted by atomic mass is 9.86. The maximum Gasteiger partial charge on any atom is 0.00579 e. The monoisotopic (exact) mass is 252 g/mol. The van der Waals surface area contributed by atoms with Gasteiger partial charge in [-0.1, -0.05) is 12.5 Å². The van der Waals surface area contributed by atoms with Crippen molar-refractivity contribution >= 4 is 11.3 Å². The van der Waals surface area contributed by atoms with Crippen molar-refractivity contribution in [3.8, 4) is 0 Å². The summed E-state index contributed by atoms with van der Waals surface area (Å²) in [6, 6.07) is 4.83. The van der Waals surface area contributed by atoms with E-state index in [9.17, 15) is 0 Å². The molecule has 0 bridgehead atoms. The third-order valence-corrected chi connectivity index (χ3v) is 4.65. The SMILES string of the molecule is CN(CCc1cccs1)CC1CCCC(N)C1. The Labute approximate surface area is 109 Å². The molecule has 2 nitrogen and oxygen atoms in total. The Kier molecular flexibility index (Phi) is 5.01. The molecule has 0 saturated heterocycles. The van der Waals surface area contributed by atoms with Crippen LogP contribution in [-0.4, -0.2) is 31.1 Å². The molecule has 1 aromatic rings. The van der Waals surface area contributed by atoms with Gasteiger partial charge in [-0.05, 0) is 50.1 Å². The van der Waals surface area contributed by atoms with Crippen molar-refractivity contribution in [3.63, 3.8) is 0 Å². The molecule has 17 heavy (non-hydrogen) atoms. The van der Waals surface area contributed by atoms with Gasteiger partial charge in [0.2, 0.25) is 0 Å². The van der Waals surface area contributed by atoms with Gasteiger partial charge in [0.05, 0.1) is 0 Å². The minimum atomic E-state index is 0.458. The first-order chi connectivity index (χ1) is 8.24. The number of thiophene rings is 1. The normalized spacial score (nSPS) is 25.4. The molecule has 1 aliphatic rings. The minimum absolute atomic E-state index is 0.458. The highest BCUT2D eigenvalue weighted by molar-refractivity contribution is 7.09. The second-order valence-corrected chi connectivity index (χ2v) is 6.42. The van der Waals surface area contributed by atoms with E-state index < -0.39 is 0 Å². The maximum absolute atomic E-state index is 6.04.